The Morgan fingerprint density at radius 3 is 2.66 bits per heavy atom. The van der Waals surface area contributed by atoms with Crippen molar-refractivity contribution in [1.82, 2.24) is 4.90 Å². The number of halogens is 1. The van der Waals surface area contributed by atoms with Gasteiger partial charge < -0.3 is 9.64 Å². The minimum Gasteiger partial charge on any atom is -0.480 e. The van der Waals surface area contributed by atoms with Gasteiger partial charge in [-0.2, -0.15) is 0 Å². The predicted octanol–water partition coefficient (Wildman–Crippen LogP) is 4.30. The minimum atomic E-state index is -3.79. The summed E-state index contributed by atoms with van der Waals surface area (Å²) in [5.74, 6) is 0.864. The molecule has 1 aliphatic rings. The fourth-order valence-electron chi connectivity index (χ4n) is 3.27. The lowest BCUT2D eigenvalue weighted by atomic mass is 10.1. The Balaban J connectivity index is 1.91. The fraction of sp³-hybridized carbons (Fsp3) is 0.381. The van der Waals surface area contributed by atoms with E-state index in [0.29, 0.717) is 41.9 Å². The van der Waals surface area contributed by atoms with Gasteiger partial charge in [0.05, 0.1) is 4.90 Å². The van der Waals surface area contributed by atoms with E-state index in [2.05, 4.69) is 18.6 Å². The second-order valence-corrected chi connectivity index (χ2v) is 9.63. The molecule has 1 unspecified atom stereocenters. The van der Waals surface area contributed by atoms with Crippen molar-refractivity contribution in [1.29, 1.82) is 0 Å². The average molecular weight is 437 g/mol. The number of nitrogens with zero attached hydrogens (tertiary/aromatic N) is 1. The maximum atomic E-state index is 12.8. The number of rotatable bonds is 6. The molecule has 6 nitrogen and oxygen atoms in total. The molecular weight excluding hydrogens is 412 g/mol. The van der Waals surface area contributed by atoms with Crippen LogP contribution < -0.4 is 9.46 Å². The summed E-state index contributed by atoms with van der Waals surface area (Å²) in [6.45, 7) is 6.99. The summed E-state index contributed by atoms with van der Waals surface area (Å²) in [5.41, 5.74) is 1.17. The molecule has 0 aromatic heterocycles. The van der Waals surface area contributed by atoms with E-state index in [9.17, 15) is 13.2 Å². The number of hydrogen-bond acceptors (Lipinski definition) is 4. The average Bonchev–Trinajstić information content (AvgIpc) is 2.77. The number of carbonyl (C=O) groups is 1. The van der Waals surface area contributed by atoms with Gasteiger partial charge in [-0.1, -0.05) is 38.4 Å². The minimum absolute atomic E-state index is 0.0431. The van der Waals surface area contributed by atoms with Gasteiger partial charge in [0.2, 0.25) is 0 Å². The summed E-state index contributed by atoms with van der Waals surface area (Å²) < 4.78 is 33.9. The van der Waals surface area contributed by atoms with Crippen molar-refractivity contribution < 1.29 is 17.9 Å². The molecule has 2 aromatic carbocycles. The van der Waals surface area contributed by atoms with Crippen molar-refractivity contribution in [2.75, 3.05) is 11.3 Å². The van der Waals surface area contributed by atoms with Crippen LogP contribution in [0, 0.1) is 5.92 Å². The van der Waals surface area contributed by atoms with Crippen LogP contribution in [0.3, 0.4) is 0 Å². The first kappa shape index (κ1) is 21.5. The molecule has 0 fully saturated rings. The van der Waals surface area contributed by atoms with Gasteiger partial charge in [-0.05, 0) is 48.7 Å². The molecule has 3 rings (SSSR count). The van der Waals surface area contributed by atoms with Gasteiger partial charge in [0, 0.05) is 29.4 Å². The third-order valence-corrected chi connectivity index (χ3v) is 6.21. The number of anilines is 1. The number of carbonyl (C=O) groups excluding carboxylic acids is 1. The van der Waals surface area contributed by atoms with Gasteiger partial charge in [-0.25, -0.2) is 8.42 Å². The largest absolute Gasteiger partial charge is 0.480 e. The van der Waals surface area contributed by atoms with Gasteiger partial charge >= 0.3 is 0 Å². The highest BCUT2D eigenvalue weighted by atomic mass is 35.5. The van der Waals surface area contributed by atoms with Crippen molar-refractivity contribution in [3.63, 3.8) is 0 Å². The van der Waals surface area contributed by atoms with E-state index in [1.165, 1.54) is 12.1 Å². The Hall–Kier alpha value is -2.25. The Morgan fingerprint density at radius 2 is 2.00 bits per heavy atom. The Labute approximate surface area is 176 Å². The Morgan fingerprint density at radius 1 is 1.24 bits per heavy atom. The number of fused-ring (bicyclic) bond motifs is 1. The van der Waals surface area contributed by atoms with Crippen LogP contribution in [0.1, 0.15) is 32.8 Å². The molecule has 1 heterocycles. The number of amides is 1. The van der Waals surface area contributed by atoms with Crippen LogP contribution in [0.5, 0.6) is 5.75 Å². The first-order chi connectivity index (χ1) is 13.7. The number of hydrogen-bond donors (Lipinski definition) is 1. The topological polar surface area (TPSA) is 75.7 Å². The van der Waals surface area contributed by atoms with Crippen LogP contribution in [0.15, 0.2) is 47.4 Å². The molecule has 0 aliphatic carbocycles. The monoisotopic (exact) mass is 436 g/mol. The SMILES string of the molecule is CCC1Oc2ccc(NS(=O)(=O)c3cccc(Cl)c3)cc2CN(CC(C)C)C1=O. The number of nitrogens with one attached hydrogen (secondary N) is 1. The zero-order valence-electron chi connectivity index (χ0n) is 16.7. The van der Waals surface area contributed by atoms with E-state index in [0.717, 1.165) is 5.56 Å². The first-order valence-electron chi connectivity index (χ1n) is 9.56. The summed E-state index contributed by atoms with van der Waals surface area (Å²) >= 11 is 5.92. The second-order valence-electron chi connectivity index (χ2n) is 7.51. The molecule has 1 amide bonds. The van der Waals surface area contributed by atoms with E-state index in [4.69, 9.17) is 16.3 Å². The molecule has 0 saturated carbocycles. The van der Waals surface area contributed by atoms with Crippen LogP contribution in [-0.4, -0.2) is 31.9 Å². The quantitative estimate of drug-likeness (QED) is 0.732. The van der Waals surface area contributed by atoms with E-state index in [-0.39, 0.29) is 10.8 Å². The smallest absolute Gasteiger partial charge is 0.263 e. The molecule has 0 bridgehead atoms. The molecule has 156 valence electrons. The van der Waals surface area contributed by atoms with Crippen molar-refractivity contribution in [2.45, 2.75) is 44.7 Å². The third kappa shape index (κ3) is 5.03. The van der Waals surface area contributed by atoms with Gasteiger partial charge in [-0.3, -0.25) is 9.52 Å². The third-order valence-electron chi connectivity index (χ3n) is 4.59. The van der Waals surface area contributed by atoms with Gasteiger partial charge in [-0.15, -0.1) is 0 Å². The predicted molar refractivity (Wildman–Crippen MR) is 114 cm³/mol. The summed E-state index contributed by atoms with van der Waals surface area (Å²) in [6, 6.07) is 11.1. The van der Waals surface area contributed by atoms with Crippen molar-refractivity contribution in [3.8, 4) is 5.75 Å². The molecule has 0 spiro atoms. The maximum Gasteiger partial charge on any atom is 0.263 e. The van der Waals surface area contributed by atoms with Crippen LogP contribution in [-0.2, 0) is 21.4 Å². The molecule has 8 heteroatoms. The zero-order valence-corrected chi connectivity index (χ0v) is 18.3. The molecule has 1 aliphatic heterocycles. The first-order valence-corrected chi connectivity index (χ1v) is 11.4. The van der Waals surface area contributed by atoms with Crippen LogP contribution in [0.25, 0.3) is 0 Å². The zero-order chi connectivity index (χ0) is 21.2. The van der Waals surface area contributed by atoms with Gasteiger partial charge in [0.25, 0.3) is 15.9 Å². The van der Waals surface area contributed by atoms with Crippen molar-refractivity contribution >= 4 is 33.2 Å². The Bertz CT molecular complexity index is 1010. The lowest BCUT2D eigenvalue weighted by molar-refractivity contribution is -0.139. The summed E-state index contributed by atoms with van der Waals surface area (Å²) in [7, 11) is -3.79. The second kappa shape index (κ2) is 8.63. The molecular formula is C21H25ClN2O4S. The van der Waals surface area contributed by atoms with Gasteiger partial charge in [0.1, 0.15) is 5.75 Å². The van der Waals surface area contributed by atoms with E-state index in [1.54, 1.807) is 35.2 Å². The van der Waals surface area contributed by atoms with E-state index < -0.39 is 16.1 Å². The number of sulfonamides is 1. The lowest BCUT2D eigenvalue weighted by Crippen LogP contribution is -2.41. The van der Waals surface area contributed by atoms with E-state index in [1.807, 2.05) is 6.92 Å². The molecule has 2 aromatic rings. The lowest BCUT2D eigenvalue weighted by Gasteiger charge is -2.24. The molecule has 0 saturated heterocycles. The standard InChI is InChI=1S/C21H25ClN2O4S/c1-4-19-21(25)24(12-14(2)3)13-15-10-17(8-9-20(15)28-19)23-29(26,27)18-7-5-6-16(22)11-18/h5-11,14,19,23H,4,12-13H2,1-3H3. The van der Waals surface area contributed by atoms with Crippen LogP contribution >= 0.6 is 11.6 Å². The fourth-order valence-corrected chi connectivity index (χ4v) is 4.62. The Kier molecular flexibility index (Phi) is 6.39. The van der Waals surface area contributed by atoms with Crippen molar-refractivity contribution in [3.05, 3.63) is 53.1 Å². The van der Waals surface area contributed by atoms with Crippen molar-refractivity contribution in [2.24, 2.45) is 5.92 Å². The summed E-state index contributed by atoms with van der Waals surface area (Å²) in [5, 5.41) is 0.344. The highest BCUT2D eigenvalue weighted by Gasteiger charge is 2.30. The van der Waals surface area contributed by atoms with Crippen LogP contribution in [0.2, 0.25) is 5.02 Å². The normalized spacial score (nSPS) is 16.9. The highest BCUT2D eigenvalue weighted by molar-refractivity contribution is 7.92. The van der Waals surface area contributed by atoms with Crippen LogP contribution in [0.4, 0.5) is 5.69 Å². The van der Waals surface area contributed by atoms with Gasteiger partial charge in [0.15, 0.2) is 6.10 Å². The molecule has 1 N–H and O–H groups in total. The summed E-state index contributed by atoms with van der Waals surface area (Å²) in [6.07, 6.45) is 0.0275. The number of benzene rings is 2. The molecule has 1 atom stereocenters. The summed E-state index contributed by atoms with van der Waals surface area (Å²) in [4.78, 5) is 14.6. The number of ether oxygens (including phenoxy) is 1. The van der Waals surface area contributed by atoms with E-state index >= 15 is 0 Å². The maximum absolute atomic E-state index is 12.8. The molecule has 29 heavy (non-hydrogen) atoms. The highest BCUT2D eigenvalue weighted by Crippen LogP contribution is 2.30. The molecule has 0 radical (unpaired) electrons.